The summed E-state index contributed by atoms with van der Waals surface area (Å²) in [5, 5.41) is 0. The lowest BCUT2D eigenvalue weighted by Crippen LogP contribution is -2.56. The molecule has 192 valence electrons. The minimum atomic E-state index is 0.704. The predicted octanol–water partition coefficient (Wildman–Crippen LogP) is 3.84. The number of piperazine rings is 2. The van der Waals surface area contributed by atoms with E-state index in [9.17, 15) is 0 Å². The molecule has 3 aliphatic heterocycles. The minimum Gasteiger partial charge on any atom is -0.301 e. The van der Waals surface area contributed by atoms with Crippen molar-refractivity contribution in [2.24, 2.45) is 5.92 Å². The van der Waals surface area contributed by atoms with Crippen LogP contribution in [0.5, 0.6) is 0 Å². The third-order valence-electron chi connectivity index (χ3n) is 9.78. The van der Waals surface area contributed by atoms with E-state index >= 15 is 0 Å². The van der Waals surface area contributed by atoms with Crippen molar-refractivity contribution in [3.8, 4) is 0 Å². The van der Waals surface area contributed by atoms with Crippen LogP contribution in [0.4, 0.5) is 0 Å². The molecule has 3 atom stereocenters. The number of nitrogens with zero attached hydrogens (tertiary/aromatic N) is 5. The van der Waals surface area contributed by atoms with Crippen molar-refractivity contribution < 1.29 is 0 Å². The molecule has 4 aliphatic rings. The topological polar surface area (TPSA) is 16.2 Å². The van der Waals surface area contributed by atoms with E-state index in [1.54, 1.807) is 0 Å². The quantitative estimate of drug-likeness (QED) is 0.571. The van der Waals surface area contributed by atoms with Crippen LogP contribution in [-0.2, 0) is 0 Å². The lowest BCUT2D eigenvalue weighted by molar-refractivity contribution is 0.0141. The molecule has 0 aromatic carbocycles. The Kier molecular flexibility index (Phi) is 9.54. The average molecular weight is 462 g/mol. The van der Waals surface area contributed by atoms with E-state index in [0.29, 0.717) is 12.1 Å². The van der Waals surface area contributed by atoms with Gasteiger partial charge in [0.25, 0.3) is 0 Å². The van der Waals surface area contributed by atoms with Gasteiger partial charge in [0.05, 0.1) is 0 Å². The van der Waals surface area contributed by atoms with Crippen molar-refractivity contribution in [2.45, 2.75) is 110 Å². The molecule has 1 saturated carbocycles. The normalized spacial score (nSPS) is 32.1. The van der Waals surface area contributed by atoms with Crippen LogP contribution in [0.3, 0.4) is 0 Å². The van der Waals surface area contributed by atoms with Gasteiger partial charge in [-0.25, -0.2) is 0 Å². The zero-order valence-corrected chi connectivity index (χ0v) is 22.7. The van der Waals surface area contributed by atoms with E-state index in [1.165, 1.54) is 110 Å². The maximum atomic E-state index is 2.89. The third kappa shape index (κ3) is 6.73. The first kappa shape index (κ1) is 25.9. The van der Waals surface area contributed by atoms with Gasteiger partial charge >= 0.3 is 0 Å². The van der Waals surface area contributed by atoms with Crippen molar-refractivity contribution in [3.63, 3.8) is 0 Å². The average Bonchev–Trinajstić information content (AvgIpc) is 2.84. The summed E-state index contributed by atoms with van der Waals surface area (Å²) in [6, 6.07) is 3.85. The number of hydrogen-bond acceptors (Lipinski definition) is 5. The molecule has 3 heterocycles. The predicted molar refractivity (Wildman–Crippen MR) is 141 cm³/mol. The Morgan fingerprint density at radius 3 is 1.67 bits per heavy atom. The van der Waals surface area contributed by atoms with Crippen LogP contribution in [0.25, 0.3) is 0 Å². The first-order valence-corrected chi connectivity index (χ1v) is 14.6. The van der Waals surface area contributed by atoms with Crippen molar-refractivity contribution in [3.05, 3.63) is 0 Å². The molecule has 0 aromatic heterocycles. The van der Waals surface area contributed by atoms with E-state index in [4.69, 9.17) is 0 Å². The SMILES string of the molecule is CC(C)N1CCC(N2CCN(C(C)CC3CCCCC3N3CCN(C(C)C)CC3)CC2)CC1. The molecular weight excluding hydrogens is 406 g/mol. The molecule has 4 fully saturated rings. The van der Waals surface area contributed by atoms with Crippen LogP contribution in [0, 0.1) is 5.92 Å². The Morgan fingerprint density at radius 1 is 0.545 bits per heavy atom. The second-order valence-corrected chi connectivity index (χ2v) is 12.3. The Hall–Kier alpha value is -0.200. The molecule has 0 amide bonds. The summed E-state index contributed by atoms with van der Waals surface area (Å²) in [6.07, 6.45) is 10.00. The Labute approximate surface area is 205 Å². The number of hydrogen-bond donors (Lipinski definition) is 0. The van der Waals surface area contributed by atoms with Crippen molar-refractivity contribution in [2.75, 3.05) is 65.4 Å². The zero-order chi connectivity index (χ0) is 23.4. The van der Waals surface area contributed by atoms with Gasteiger partial charge in [-0.15, -0.1) is 0 Å². The van der Waals surface area contributed by atoms with Gasteiger partial charge < -0.3 is 4.90 Å². The largest absolute Gasteiger partial charge is 0.301 e. The Morgan fingerprint density at radius 2 is 1.06 bits per heavy atom. The van der Waals surface area contributed by atoms with Crippen LogP contribution >= 0.6 is 0 Å². The van der Waals surface area contributed by atoms with Crippen LogP contribution in [-0.4, -0.2) is 120 Å². The summed E-state index contributed by atoms with van der Waals surface area (Å²) < 4.78 is 0. The van der Waals surface area contributed by atoms with Gasteiger partial charge in [0.1, 0.15) is 0 Å². The smallest absolute Gasteiger partial charge is 0.0125 e. The molecular formula is C28H55N5. The number of rotatable bonds is 7. The number of piperidine rings is 1. The molecule has 0 spiro atoms. The van der Waals surface area contributed by atoms with E-state index in [0.717, 1.165) is 24.0 Å². The van der Waals surface area contributed by atoms with Crippen LogP contribution < -0.4 is 0 Å². The molecule has 0 N–H and O–H groups in total. The summed E-state index contributed by atoms with van der Waals surface area (Å²) in [6.45, 7) is 24.8. The Balaban J connectivity index is 1.22. The zero-order valence-electron chi connectivity index (χ0n) is 22.7. The van der Waals surface area contributed by atoms with Crippen LogP contribution in [0.2, 0.25) is 0 Å². The molecule has 5 nitrogen and oxygen atoms in total. The van der Waals surface area contributed by atoms with E-state index < -0.39 is 0 Å². The molecule has 33 heavy (non-hydrogen) atoms. The second-order valence-electron chi connectivity index (χ2n) is 12.3. The third-order valence-corrected chi connectivity index (χ3v) is 9.78. The molecule has 0 radical (unpaired) electrons. The molecule has 1 aliphatic carbocycles. The Bertz CT molecular complexity index is 557. The lowest BCUT2D eigenvalue weighted by atomic mass is 9.79. The van der Waals surface area contributed by atoms with Gasteiger partial charge in [-0.3, -0.25) is 19.6 Å². The second kappa shape index (κ2) is 12.2. The molecule has 3 unspecified atom stereocenters. The summed E-state index contributed by atoms with van der Waals surface area (Å²) in [5.41, 5.74) is 0. The van der Waals surface area contributed by atoms with E-state index in [2.05, 4.69) is 59.1 Å². The highest BCUT2D eigenvalue weighted by Crippen LogP contribution is 2.33. The van der Waals surface area contributed by atoms with Gasteiger partial charge in [-0.1, -0.05) is 12.8 Å². The molecule has 0 bridgehead atoms. The number of likely N-dealkylation sites (tertiary alicyclic amines) is 1. The highest BCUT2D eigenvalue weighted by Gasteiger charge is 2.35. The first-order valence-electron chi connectivity index (χ1n) is 14.6. The summed E-state index contributed by atoms with van der Waals surface area (Å²) >= 11 is 0. The lowest BCUT2D eigenvalue weighted by Gasteiger charge is -2.47. The van der Waals surface area contributed by atoms with Gasteiger partial charge in [0.15, 0.2) is 0 Å². The van der Waals surface area contributed by atoms with Gasteiger partial charge in [-0.05, 0) is 85.7 Å². The fourth-order valence-corrected chi connectivity index (χ4v) is 7.43. The van der Waals surface area contributed by atoms with Gasteiger partial charge in [0, 0.05) is 82.6 Å². The summed E-state index contributed by atoms with van der Waals surface area (Å²) in [5.74, 6) is 0.915. The minimum absolute atomic E-state index is 0.704. The first-order chi connectivity index (χ1) is 15.9. The van der Waals surface area contributed by atoms with Gasteiger partial charge in [-0.2, -0.15) is 0 Å². The fourth-order valence-electron chi connectivity index (χ4n) is 7.43. The fraction of sp³-hybridized carbons (Fsp3) is 1.00. The molecule has 3 saturated heterocycles. The maximum Gasteiger partial charge on any atom is 0.0125 e. The maximum absolute atomic E-state index is 2.89. The molecule has 0 aromatic rings. The molecule has 5 heteroatoms. The van der Waals surface area contributed by atoms with Crippen LogP contribution in [0.15, 0.2) is 0 Å². The monoisotopic (exact) mass is 461 g/mol. The van der Waals surface area contributed by atoms with Crippen molar-refractivity contribution in [1.29, 1.82) is 0 Å². The summed E-state index contributed by atoms with van der Waals surface area (Å²) in [7, 11) is 0. The van der Waals surface area contributed by atoms with Crippen molar-refractivity contribution in [1.82, 2.24) is 24.5 Å². The van der Waals surface area contributed by atoms with Crippen LogP contribution in [0.1, 0.15) is 79.6 Å². The van der Waals surface area contributed by atoms with E-state index in [1.807, 2.05) is 0 Å². The van der Waals surface area contributed by atoms with Crippen molar-refractivity contribution >= 4 is 0 Å². The standard InChI is InChI=1S/C28H55N5/c1-23(2)29-12-10-27(11-13-29)32-18-16-31(17-19-32)25(5)22-26-8-6-7-9-28(26)33-20-14-30(15-21-33)24(3)4/h23-28H,6-22H2,1-5H3. The van der Waals surface area contributed by atoms with Gasteiger partial charge in [0.2, 0.25) is 0 Å². The highest BCUT2D eigenvalue weighted by atomic mass is 15.3. The van der Waals surface area contributed by atoms with E-state index in [-0.39, 0.29) is 0 Å². The highest BCUT2D eigenvalue weighted by molar-refractivity contribution is 4.90. The molecule has 4 rings (SSSR count). The summed E-state index contributed by atoms with van der Waals surface area (Å²) in [4.78, 5) is 13.9.